The highest BCUT2D eigenvalue weighted by Gasteiger charge is 2.29. The quantitative estimate of drug-likeness (QED) is 0.881. The van der Waals surface area contributed by atoms with Gasteiger partial charge in [-0.3, -0.25) is 0 Å². The number of ether oxygens (including phenoxy) is 1. The second-order valence-electron chi connectivity index (χ2n) is 6.46. The smallest absolute Gasteiger partial charge is 0.407 e. The Bertz CT molecular complexity index is 681. The minimum absolute atomic E-state index is 0.0650. The molecule has 2 atom stereocenters. The van der Waals surface area contributed by atoms with Crippen molar-refractivity contribution in [2.75, 3.05) is 6.61 Å². The first kappa shape index (κ1) is 16.5. The lowest BCUT2D eigenvalue weighted by Gasteiger charge is -2.18. The molecule has 1 amide bonds. The van der Waals surface area contributed by atoms with Gasteiger partial charge >= 0.3 is 6.09 Å². The summed E-state index contributed by atoms with van der Waals surface area (Å²) in [5.74, 6) is 0.0650. The highest BCUT2D eigenvalue weighted by Crippen LogP contribution is 2.44. The molecule has 2 N–H and O–H groups in total. The molecule has 0 aliphatic heterocycles. The van der Waals surface area contributed by atoms with Gasteiger partial charge in [-0.2, -0.15) is 0 Å². The zero-order valence-corrected chi connectivity index (χ0v) is 14.0. The average molecular weight is 325 g/mol. The summed E-state index contributed by atoms with van der Waals surface area (Å²) in [7, 11) is 0. The molecule has 4 heteroatoms. The van der Waals surface area contributed by atoms with E-state index in [1.165, 1.54) is 22.3 Å². The van der Waals surface area contributed by atoms with Crippen molar-refractivity contribution >= 4 is 6.09 Å². The lowest BCUT2D eigenvalue weighted by molar-refractivity contribution is 0.131. The summed E-state index contributed by atoms with van der Waals surface area (Å²) in [5.41, 5.74) is 4.82. The summed E-state index contributed by atoms with van der Waals surface area (Å²) in [5, 5.41) is 12.1. The van der Waals surface area contributed by atoms with Crippen LogP contribution in [0.3, 0.4) is 0 Å². The van der Waals surface area contributed by atoms with Crippen LogP contribution in [0.25, 0.3) is 11.1 Å². The fourth-order valence-electron chi connectivity index (χ4n) is 3.41. The highest BCUT2D eigenvalue weighted by molar-refractivity contribution is 5.79. The summed E-state index contributed by atoms with van der Waals surface area (Å²) in [6.45, 7) is 3.87. The zero-order valence-electron chi connectivity index (χ0n) is 14.0. The van der Waals surface area contributed by atoms with Gasteiger partial charge < -0.3 is 15.2 Å². The second kappa shape index (κ2) is 7.05. The fourth-order valence-corrected chi connectivity index (χ4v) is 3.41. The SMILES string of the molecule is C[C@H](O)C[C@@H](C)NC(=O)OCC1c2ccccc2-c2ccccc21. The lowest BCUT2D eigenvalue weighted by Crippen LogP contribution is -2.35. The maximum Gasteiger partial charge on any atom is 0.407 e. The van der Waals surface area contributed by atoms with Crippen molar-refractivity contribution in [3.05, 3.63) is 59.7 Å². The molecule has 0 heterocycles. The van der Waals surface area contributed by atoms with Crippen molar-refractivity contribution in [3.63, 3.8) is 0 Å². The van der Waals surface area contributed by atoms with Crippen molar-refractivity contribution in [3.8, 4) is 11.1 Å². The molecule has 0 aromatic heterocycles. The van der Waals surface area contributed by atoms with Gasteiger partial charge in [-0.1, -0.05) is 48.5 Å². The summed E-state index contributed by atoms with van der Waals surface area (Å²) in [4.78, 5) is 12.0. The van der Waals surface area contributed by atoms with E-state index in [1.807, 2.05) is 31.2 Å². The summed E-state index contributed by atoms with van der Waals surface area (Å²) in [6, 6.07) is 16.4. The van der Waals surface area contributed by atoms with Crippen LogP contribution in [0, 0.1) is 0 Å². The number of aliphatic hydroxyl groups excluding tert-OH is 1. The van der Waals surface area contributed by atoms with Crippen LogP contribution in [-0.2, 0) is 4.74 Å². The normalized spacial score (nSPS) is 15.3. The Morgan fingerprint density at radius 1 is 1.08 bits per heavy atom. The van der Waals surface area contributed by atoms with Crippen LogP contribution < -0.4 is 5.32 Å². The lowest BCUT2D eigenvalue weighted by atomic mass is 9.98. The average Bonchev–Trinajstić information content (AvgIpc) is 2.86. The number of aliphatic hydroxyl groups is 1. The molecule has 0 unspecified atom stereocenters. The molecule has 0 spiro atoms. The Morgan fingerprint density at radius 3 is 2.17 bits per heavy atom. The van der Waals surface area contributed by atoms with Crippen molar-refractivity contribution in [2.24, 2.45) is 0 Å². The van der Waals surface area contributed by atoms with Crippen LogP contribution in [0.2, 0.25) is 0 Å². The van der Waals surface area contributed by atoms with Gasteiger partial charge in [0.25, 0.3) is 0 Å². The highest BCUT2D eigenvalue weighted by atomic mass is 16.5. The van der Waals surface area contributed by atoms with Crippen molar-refractivity contribution < 1.29 is 14.6 Å². The van der Waals surface area contributed by atoms with Crippen LogP contribution in [0.5, 0.6) is 0 Å². The molecule has 3 rings (SSSR count). The van der Waals surface area contributed by atoms with Crippen LogP contribution in [-0.4, -0.2) is 30.0 Å². The van der Waals surface area contributed by atoms with Gasteiger partial charge in [-0.15, -0.1) is 0 Å². The van der Waals surface area contributed by atoms with Crippen LogP contribution in [0.1, 0.15) is 37.3 Å². The first-order valence-corrected chi connectivity index (χ1v) is 8.36. The molecule has 0 bridgehead atoms. The van der Waals surface area contributed by atoms with Crippen molar-refractivity contribution in [1.29, 1.82) is 0 Å². The van der Waals surface area contributed by atoms with Crippen molar-refractivity contribution in [1.82, 2.24) is 5.32 Å². The fraction of sp³-hybridized carbons (Fsp3) is 0.350. The maximum absolute atomic E-state index is 12.0. The molecule has 24 heavy (non-hydrogen) atoms. The minimum atomic E-state index is -0.450. The third-order valence-electron chi connectivity index (χ3n) is 4.40. The third-order valence-corrected chi connectivity index (χ3v) is 4.40. The molecular formula is C20H23NO3. The molecule has 2 aromatic rings. The number of carbonyl (C=O) groups excluding carboxylic acids is 1. The minimum Gasteiger partial charge on any atom is -0.449 e. The number of amides is 1. The number of hydrogen-bond acceptors (Lipinski definition) is 3. The standard InChI is InChI=1S/C20H23NO3/c1-13(11-14(2)22)21-20(23)24-12-19-17-9-5-3-7-15(17)16-8-4-6-10-18(16)19/h3-10,13-14,19,22H,11-12H2,1-2H3,(H,21,23)/t13-,14+/m1/s1. The van der Waals surface area contributed by atoms with Crippen LogP contribution in [0.15, 0.2) is 48.5 Å². The molecule has 0 radical (unpaired) electrons. The van der Waals surface area contributed by atoms with E-state index in [1.54, 1.807) is 6.92 Å². The van der Waals surface area contributed by atoms with Gasteiger partial charge in [0, 0.05) is 12.0 Å². The van der Waals surface area contributed by atoms with Gasteiger partial charge in [0.2, 0.25) is 0 Å². The number of hydrogen-bond donors (Lipinski definition) is 2. The number of nitrogens with one attached hydrogen (secondary N) is 1. The van der Waals surface area contributed by atoms with Gasteiger partial charge in [-0.05, 0) is 42.5 Å². The Kier molecular flexibility index (Phi) is 4.86. The Morgan fingerprint density at radius 2 is 1.62 bits per heavy atom. The van der Waals surface area contributed by atoms with E-state index in [4.69, 9.17) is 4.74 Å². The van der Waals surface area contributed by atoms with Gasteiger partial charge in [0.1, 0.15) is 6.61 Å². The Balaban J connectivity index is 1.68. The zero-order chi connectivity index (χ0) is 17.1. The van der Waals surface area contributed by atoms with E-state index in [-0.39, 0.29) is 12.0 Å². The summed E-state index contributed by atoms with van der Waals surface area (Å²) < 4.78 is 5.46. The molecule has 2 aromatic carbocycles. The molecule has 0 saturated carbocycles. The molecule has 0 fully saturated rings. The third kappa shape index (κ3) is 3.44. The van der Waals surface area contributed by atoms with E-state index >= 15 is 0 Å². The maximum atomic E-state index is 12.0. The van der Waals surface area contributed by atoms with Crippen LogP contribution in [0.4, 0.5) is 4.79 Å². The number of benzene rings is 2. The molecular weight excluding hydrogens is 302 g/mol. The van der Waals surface area contributed by atoms with E-state index in [2.05, 4.69) is 29.6 Å². The number of fused-ring (bicyclic) bond motifs is 3. The van der Waals surface area contributed by atoms with Gasteiger partial charge in [0.05, 0.1) is 6.10 Å². The topological polar surface area (TPSA) is 58.6 Å². The number of carbonyl (C=O) groups is 1. The van der Waals surface area contributed by atoms with Gasteiger partial charge in [0.15, 0.2) is 0 Å². The largest absolute Gasteiger partial charge is 0.449 e. The monoisotopic (exact) mass is 325 g/mol. The van der Waals surface area contributed by atoms with Crippen LogP contribution >= 0.6 is 0 Å². The molecule has 1 aliphatic rings. The summed E-state index contributed by atoms with van der Waals surface area (Å²) in [6.07, 6.45) is -0.386. The summed E-state index contributed by atoms with van der Waals surface area (Å²) >= 11 is 0. The van der Waals surface area contributed by atoms with E-state index in [0.29, 0.717) is 13.0 Å². The second-order valence-corrected chi connectivity index (χ2v) is 6.46. The first-order valence-electron chi connectivity index (χ1n) is 8.36. The first-order chi connectivity index (χ1) is 11.6. The number of alkyl carbamates (subject to hydrolysis) is 1. The molecule has 0 saturated heterocycles. The Labute approximate surface area is 142 Å². The van der Waals surface area contributed by atoms with E-state index in [9.17, 15) is 9.90 Å². The van der Waals surface area contributed by atoms with Gasteiger partial charge in [-0.25, -0.2) is 4.79 Å². The van der Waals surface area contributed by atoms with E-state index in [0.717, 1.165) is 0 Å². The predicted molar refractivity (Wildman–Crippen MR) is 94.0 cm³/mol. The predicted octanol–water partition coefficient (Wildman–Crippen LogP) is 3.68. The molecule has 1 aliphatic carbocycles. The van der Waals surface area contributed by atoms with E-state index < -0.39 is 12.2 Å². The molecule has 126 valence electrons. The number of rotatable bonds is 5. The van der Waals surface area contributed by atoms with Crippen molar-refractivity contribution in [2.45, 2.75) is 38.3 Å². The molecule has 4 nitrogen and oxygen atoms in total. The Hall–Kier alpha value is -2.33.